The number of halogens is 2. The minimum atomic E-state index is -0.392. The molecule has 1 saturated heterocycles. The smallest absolute Gasteiger partial charge is 0.227 e. The summed E-state index contributed by atoms with van der Waals surface area (Å²) in [7, 11) is 2.12. The van der Waals surface area contributed by atoms with Crippen LogP contribution < -0.4 is 11.1 Å². The van der Waals surface area contributed by atoms with E-state index >= 15 is 0 Å². The van der Waals surface area contributed by atoms with E-state index in [0.29, 0.717) is 26.3 Å². The number of nitrogens with two attached hydrogens (primary N) is 1. The summed E-state index contributed by atoms with van der Waals surface area (Å²) >= 11 is 0. The summed E-state index contributed by atoms with van der Waals surface area (Å²) in [5.41, 5.74) is 5.41. The molecule has 0 radical (unpaired) electrons. The lowest BCUT2D eigenvalue weighted by molar-refractivity contribution is -0.135. The third-order valence-corrected chi connectivity index (χ3v) is 4.24. The molecule has 1 heterocycles. The summed E-state index contributed by atoms with van der Waals surface area (Å²) in [6.45, 7) is 3.35. The van der Waals surface area contributed by atoms with Gasteiger partial charge in [-0.25, -0.2) is 0 Å². The number of hydrogen-bond acceptors (Lipinski definition) is 4. The first-order valence-corrected chi connectivity index (χ1v) is 6.94. The number of likely N-dealkylation sites (N-methyl/N-ethyl adjacent to an activating group) is 1. The molecule has 5 nitrogen and oxygen atoms in total. The Morgan fingerprint density at radius 2 is 1.95 bits per heavy atom. The summed E-state index contributed by atoms with van der Waals surface area (Å²) < 4.78 is 5.32. The molecule has 3 N–H and O–H groups in total. The third kappa shape index (κ3) is 5.04. The van der Waals surface area contributed by atoms with E-state index in [9.17, 15) is 4.79 Å². The Kier molecular flexibility index (Phi) is 9.02. The van der Waals surface area contributed by atoms with Crippen LogP contribution in [0.4, 0.5) is 0 Å². The van der Waals surface area contributed by atoms with E-state index in [4.69, 9.17) is 10.5 Å². The van der Waals surface area contributed by atoms with Crippen molar-refractivity contribution in [1.29, 1.82) is 0 Å². The molecular formula is C13H27Cl2N3O2. The van der Waals surface area contributed by atoms with E-state index in [-0.39, 0.29) is 30.7 Å². The average molecular weight is 328 g/mol. The topological polar surface area (TPSA) is 67.6 Å². The van der Waals surface area contributed by atoms with Gasteiger partial charge in [-0.15, -0.1) is 24.8 Å². The molecule has 0 aromatic rings. The normalized spacial score (nSPS) is 20.8. The van der Waals surface area contributed by atoms with Crippen molar-refractivity contribution in [3.05, 3.63) is 0 Å². The molecule has 120 valence electrons. The monoisotopic (exact) mass is 327 g/mol. The zero-order chi connectivity index (χ0) is 13.0. The average Bonchev–Trinajstić information content (AvgIpc) is 3.23. The van der Waals surface area contributed by atoms with E-state index in [1.54, 1.807) is 0 Å². The Hall–Kier alpha value is -0.0700. The van der Waals surface area contributed by atoms with Crippen LogP contribution in [0.3, 0.4) is 0 Å². The van der Waals surface area contributed by atoms with Crippen LogP contribution in [0.15, 0.2) is 0 Å². The van der Waals surface area contributed by atoms with Gasteiger partial charge >= 0.3 is 0 Å². The maximum atomic E-state index is 12.3. The Morgan fingerprint density at radius 1 is 1.35 bits per heavy atom. The van der Waals surface area contributed by atoms with Gasteiger partial charge in [0.2, 0.25) is 5.91 Å². The van der Waals surface area contributed by atoms with Gasteiger partial charge in [0.1, 0.15) is 0 Å². The second-order valence-corrected chi connectivity index (χ2v) is 5.56. The lowest BCUT2D eigenvalue weighted by atomic mass is 9.79. The summed E-state index contributed by atoms with van der Waals surface area (Å²) in [4.78, 5) is 14.6. The SMILES string of the molecule is CN(CCNC(=O)C1(CN)CCOCC1)C1CC1.Cl.Cl. The fourth-order valence-electron chi connectivity index (χ4n) is 2.52. The zero-order valence-corrected chi connectivity index (χ0v) is 13.7. The highest BCUT2D eigenvalue weighted by molar-refractivity contribution is 5.85. The summed E-state index contributed by atoms with van der Waals surface area (Å²) in [5, 5.41) is 3.04. The Balaban J connectivity index is 0.00000180. The van der Waals surface area contributed by atoms with Crippen LogP contribution in [-0.4, -0.2) is 56.7 Å². The number of nitrogens with zero attached hydrogens (tertiary/aromatic N) is 1. The minimum Gasteiger partial charge on any atom is -0.381 e. The second kappa shape index (κ2) is 9.05. The molecule has 1 aliphatic carbocycles. The quantitative estimate of drug-likeness (QED) is 0.757. The number of ether oxygens (including phenoxy) is 1. The van der Waals surface area contributed by atoms with E-state index in [1.807, 2.05) is 0 Å². The van der Waals surface area contributed by atoms with Crippen LogP contribution in [-0.2, 0) is 9.53 Å². The number of nitrogens with one attached hydrogen (secondary N) is 1. The van der Waals surface area contributed by atoms with Gasteiger partial charge in [0, 0.05) is 38.9 Å². The molecule has 0 spiro atoms. The molecule has 7 heteroatoms. The van der Waals surface area contributed by atoms with Gasteiger partial charge in [-0.3, -0.25) is 4.79 Å². The lowest BCUT2D eigenvalue weighted by Crippen LogP contribution is -2.50. The molecule has 0 atom stereocenters. The van der Waals surface area contributed by atoms with Crippen molar-refractivity contribution in [2.24, 2.45) is 11.1 Å². The number of hydrogen-bond donors (Lipinski definition) is 2. The van der Waals surface area contributed by atoms with Gasteiger partial charge in [0.25, 0.3) is 0 Å². The van der Waals surface area contributed by atoms with Crippen molar-refractivity contribution < 1.29 is 9.53 Å². The van der Waals surface area contributed by atoms with Crippen LogP contribution >= 0.6 is 24.8 Å². The number of rotatable bonds is 6. The Morgan fingerprint density at radius 3 is 2.45 bits per heavy atom. The molecule has 1 saturated carbocycles. The van der Waals surface area contributed by atoms with Gasteiger partial charge in [-0.05, 0) is 32.7 Å². The molecule has 0 unspecified atom stereocenters. The van der Waals surface area contributed by atoms with Crippen LogP contribution in [0, 0.1) is 5.41 Å². The first kappa shape index (κ1) is 19.9. The largest absolute Gasteiger partial charge is 0.381 e. The fraction of sp³-hybridized carbons (Fsp3) is 0.923. The fourth-order valence-corrected chi connectivity index (χ4v) is 2.52. The van der Waals surface area contributed by atoms with Crippen molar-refractivity contribution in [2.75, 3.05) is 39.9 Å². The molecule has 1 amide bonds. The highest BCUT2D eigenvalue weighted by atomic mass is 35.5. The summed E-state index contributed by atoms with van der Waals surface area (Å²) in [6, 6.07) is 0.744. The van der Waals surface area contributed by atoms with Gasteiger partial charge < -0.3 is 20.7 Å². The molecular weight excluding hydrogens is 301 g/mol. The summed E-state index contributed by atoms with van der Waals surface area (Å²) in [6.07, 6.45) is 4.09. The lowest BCUT2D eigenvalue weighted by Gasteiger charge is -2.34. The van der Waals surface area contributed by atoms with Gasteiger partial charge in [0.15, 0.2) is 0 Å². The number of carbonyl (C=O) groups is 1. The number of amides is 1. The van der Waals surface area contributed by atoms with Crippen LogP contribution in [0.2, 0.25) is 0 Å². The molecule has 20 heavy (non-hydrogen) atoms. The first-order chi connectivity index (χ1) is 8.68. The zero-order valence-electron chi connectivity index (χ0n) is 12.1. The highest BCUT2D eigenvalue weighted by Crippen LogP contribution is 2.29. The molecule has 2 fully saturated rings. The standard InChI is InChI=1S/C13H25N3O2.2ClH/c1-16(11-2-3-11)7-6-15-12(17)13(10-14)4-8-18-9-5-13;;/h11H,2-10,14H2,1H3,(H,15,17);2*1H. The van der Waals surface area contributed by atoms with Crippen molar-refractivity contribution >= 4 is 30.7 Å². The third-order valence-electron chi connectivity index (χ3n) is 4.24. The Labute approximate surface area is 133 Å². The predicted octanol–water partition coefficient (Wildman–Crippen LogP) is 0.796. The molecule has 0 aromatic carbocycles. The summed E-state index contributed by atoms with van der Waals surface area (Å²) in [5.74, 6) is 0.109. The van der Waals surface area contributed by atoms with Gasteiger partial charge in [-0.2, -0.15) is 0 Å². The van der Waals surface area contributed by atoms with Crippen molar-refractivity contribution in [3.8, 4) is 0 Å². The molecule has 2 rings (SSSR count). The van der Waals surface area contributed by atoms with Crippen molar-refractivity contribution in [1.82, 2.24) is 10.2 Å². The number of carbonyl (C=O) groups excluding carboxylic acids is 1. The van der Waals surface area contributed by atoms with Crippen LogP contribution in [0.5, 0.6) is 0 Å². The second-order valence-electron chi connectivity index (χ2n) is 5.56. The van der Waals surface area contributed by atoms with Gasteiger partial charge in [-0.1, -0.05) is 0 Å². The minimum absolute atomic E-state index is 0. The van der Waals surface area contributed by atoms with E-state index in [2.05, 4.69) is 17.3 Å². The highest BCUT2D eigenvalue weighted by Gasteiger charge is 2.38. The van der Waals surface area contributed by atoms with Crippen molar-refractivity contribution in [2.45, 2.75) is 31.7 Å². The van der Waals surface area contributed by atoms with E-state index in [0.717, 1.165) is 25.4 Å². The molecule has 2 aliphatic rings. The Bertz CT molecular complexity index is 295. The molecule has 1 aliphatic heterocycles. The predicted molar refractivity (Wildman–Crippen MR) is 84.7 cm³/mol. The van der Waals surface area contributed by atoms with Crippen LogP contribution in [0.25, 0.3) is 0 Å². The molecule has 0 bridgehead atoms. The van der Waals surface area contributed by atoms with Crippen LogP contribution in [0.1, 0.15) is 25.7 Å². The van der Waals surface area contributed by atoms with E-state index in [1.165, 1.54) is 12.8 Å². The van der Waals surface area contributed by atoms with E-state index < -0.39 is 5.41 Å². The van der Waals surface area contributed by atoms with Crippen molar-refractivity contribution in [3.63, 3.8) is 0 Å². The maximum Gasteiger partial charge on any atom is 0.227 e. The maximum absolute atomic E-state index is 12.3. The first-order valence-electron chi connectivity index (χ1n) is 6.94. The molecule has 0 aromatic heterocycles. The van der Waals surface area contributed by atoms with Gasteiger partial charge in [0.05, 0.1) is 5.41 Å².